The topological polar surface area (TPSA) is 444 Å². The fourth-order valence-electron chi connectivity index (χ4n) is 12.5. The van der Waals surface area contributed by atoms with E-state index in [1.165, 1.54) is 55.9 Å². The molecule has 8 bridgehead atoms. The van der Waals surface area contributed by atoms with Gasteiger partial charge < -0.3 is 94.5 Å². The lowest BCUT2D eigenvalue weighted by Crippen LogP contribution is -2.50. The minimum absolute atomic E-state index is 0.0689. The van der Waals surface area contributed by atoms with Crippen molar-refractivity contribution in [1.82, 2.24) is 39.0 Å². The van der Waals surface area contributed by atoms with Crippen LogP contribution in [0.1, 0.15) is 25.6 Å². The maximum atomic E-state index is 12.9. The lowest BCUT2D eigenvalue weighted by Gasteiger charge is -2.31. The number of nitrogens with zero attached hydrogens (tertiary/aromatic N) is 3. The monoisotopic (exact) mass is 1370 g/mol. The van der Waals surface area contributed by atoms with Gasteiger partial charge in [-0.05, 0) is 30.5 Å². The standard InChI is InChI=1S/C17H21N2O7P.C13H19N2O7P.C12H18N3O8P.C9H18NO6P/c1-23-9-17-10-25-13(14(17)18-27(21,22)24-2)16(26-17)19-8-7-11-5-3-4-6-12(11)15(19)20;1-19-7-13-8-21-10(11(13)14-23(17,18)20-2)12(22-13)15-6-4-3-5-9(15)16;1-20-5-12-6-22-8(9(12)14-24(18,19)21-2)10(23-12)15-4-3-7(16)13-11(15)17;1-6-7-8(10-17(11,12)14-3)9(16-6,4-13-2)5-15-7/h3-8,13-14,16H,9-10H2,1-2H3,(H2,18,21,22);3-6,10-12H,7-8H2,1-2H3,(H2,14,17,18);3-4,8-10H,5-6H2,1-2H3,(H,13,16,17)(H2,14,18,19);6-8H,4-5H2,1-3H3,(H2,10,11,12)/t13-,14+,16-,17+;10-,11+,12-,13+;8-,9+,10-,12+;6-,7-,8-,9-/m1110/s1. The number of hydrogen-bond acceptors (Lipinski definition) is 24. The van der Waals surface area contributed by atoms with Gasteiger partial charge in [-0.2, -0.15) is 0 Å². The Hall–Kier alpha value is -3.98. The number of aromatic amines is 1. The molecule has 508 valence electrons. The minimum atomic E-state index is -4.07. The van der Waals surface area contributed by atoms with Gasteiger partial charge in [0.1, 0.15) is 46.8 Å². The van der Waals surface area contributed by atoms with Crippen LogP contribution in [0.15, 0.2) is 92.4 Å². The molecule has 40 heteroatoms. The average Bonchev–Trinajstić information content (AvgIpc) is 1.60. The summed E-state index contributed by atoms with van der Waals surface area (Å²) in [7, 11) is -5.37. The molecule has 20 atom stereocenters. The lowest BCUT2D eigenvalue weighted by atomic mass is 9.98. The Morgan fingerprint density at radius 1 is 0.484 bits per heavy atom. The highest BCUT2D eigenvalue weighted by Gasteiger charge is 2.67. The highest BCUT2D eigenvalue weighted by atomic mass is 31.2. The zero-order valence-electron chi connectivity index (χ0n) is 50.7. The number of pyridine rings is 2. The predicted molar refractivity (Wildman–Crippen MR) is 314 cm³/mol. The molecule has 0 saturated carbocycles. The molecule has 1 aromatic carbocycles. The molecule has 12 rings (SSSR count). The Labute approximate surface area is 519 Å². The van der Waals surface area contributed by atoms with Gasteiger partial charge >= 0.3 is 36.7 Å². The Balaban J connectivity index is 0.000000145. The predicted octanol–water partition coefficient (Wildman–Crippen LogP) is -0.666. The molecule has 11 heterocycles. The average molecular weight is 1370 g/mol. The molecule has 8 saturated heterocycles. The zero-order chi connectivity index (χ0) is 66.1. The summed E-state index contributed by atoms with van der Waals surface area (Å²) in [5, 5.41) is 11.6. The third-order valence-corrected chi connectivity index (χ3v) is 21.0. The van der Waals surface area contributed by atoms with Crippen molar-refractivity contribution in [3.05, 3.63) is 115 Å². The highest BCUT2D eigenvalue weighted by Crippen LogP contribution is 2.53. The molecule has 0 aliphatic carbocycles. The Bertz CT molecular complexity index is 3660. The van der Waals surface area contributed by atoms with Gasteiger partial charge in [-0.3, -0.25) is 33.1 Å². The van der Waals surface area contributed by atoms with Crippen molar-refractivity contribution in [3.63, 3.8) is 0 Å². The Morgan fingerprint density at radius 2 is 0.857 bits per heavy atom. The van der Waals surface area contributed by atoms with Gasteiger partial charge in [-0.15, -0.1) is 0 Å². The molecular weight excluding hydrogens is 1300 g/mol. The molecule has 8 fully saturated rings. The van der Waals surface area contributed by atoms with Gasteiger partial charge in [0, 0.05) is 93.0 Å². The lowest BCUT2D eigenvalue weighted by molar-refractivity contribution is -0.188. The molecule has 4 aromatic rings. The summed E-state index contributed by atoms with van der Waals surface area (Å²) in [6.45, 7) is 3.32. The Morgan fingerprint density at radius 3 is 1.26 bits per heavy atom. The number of rotatable bonds is 23. The van der Waals surface area contributed by atoms with E-state index in [2.05, 4.69) is 43.4 Å². The molecule has 0 amide bonds. The number of H-pyrrole nitrogens is 1. The largest absolute Gasteiger partial charge is 0.403 e. The van der Waals surface area contributed by atoms with Crippen LogP contribution in [0, 0.1) is 0 Å². The summed E-state index contributed by atoms with van der Waals surface area (Å²) in [4.78, 5) is 89.2. The number of ether oxygens (including phenoxy) is 12. The SMILES string of the molecule is COC[C@@]12CO[C@@H]([C@H](C)O1)[C@@H]2NP(=O)(O)OC.COC[C@@]12CO[C@@H]([C@H](n3ccc(=O)[nH]c3=O)O1)[C@@H]2NP(=O)(O)OC.COC[C@@]12CO[C@@H]([C@H](n3ccc4ccccc4c3=O)O1)[C@@H]2NP(=O)(O)OC.COC[C@@]12CO[C@@H]([C@H](n3ccccc3=O)O1)[C@@H]2NP(=O)(O)OC. The second-order valence-electron chi connectivity index (χ2n) is 22.3. The third-order valence-electron chi connectivity index (χ3n) is 16.6. The van der Waals surface area contributed by atoms with Crippen LogP contribution in [-0.4, -0.2) is 225 Å². The summed E-state index contributed by atoms with van der Waals surface area (Å²) >= 11 is 0. The van der Waals surface area contributed by atoms with Crippen LogP contribution in [0.25, 0.3) is 10.8 Å². The zero-order valence-corrected chi connectivity index (χ0v) is 54.3. The quantitative estimate of drug-likeness (QED) is 0.0416. The molecule has 9 N–H and O–H groups in total. The first-order chi connectivity index (χ1) is 43.1. The van der Waals surface area contributed by atoms with E-state index in [1.54, 1.807) is 43.8 Å². The number of fused-ring (bicyclic) bond motifs is 9. The van der Waals surface area contributed by atoms with Crippen molar-refractivity contribution in [2.45, 2.75) is 103 Å². The van der Waals surface area contributed by atoms with Crippen LogP contribution in [0.3, 0.4) is 0 Å². The first-order valence-electron chi connectivity index (χ1n) is 28.0. The summed E-state index contributed by atoms with van der Waals surface area (Å²) in [5.41, 5.74) is -5.46. The van der Waals surface area contributed by atoms with Gasteiger partial charge in [0.05, 0.1) is 83.1 Å². The normalized spacial score (nSPS) is 35.7. The van der Waals surface area contributed by atoms with E-state index < -0.39 is 126 Å². The van der Waals surface area contributed by atoms with Gasteiger partial charge in [0.25, 0.3) is 16.7 Å². The van der Waals surface area contributed by atoms with Crippen LogP contribution >= 0.6 is 31.0 Å². The van der Waals surface area contributed by atoms with Crippen molar-refractivity contribution in [3.8, 4) is 0 Å². The molecule has 91 heavy (non-hydrogen) atoms. The van der Waals surface area contributed by atoms with Gasteiger partial charge in [0.2, 0.25) is 0 Å². The van der Waals surface area contributed by atoms with Crippen molar-refractivity contribution in [1.29, 1.82) is 0 Å². The first-order valence-corrected chi connectivity index (χ1v) is 34.3. The van der Waals surface area contributed by atoms with Crippen LogP contribution in [0.5, 0.6) is 0 Å². The molecule has 0 spiro atoms. The van der Waals surface area contributed by atoms with E-state index in [9.17, 15) is 57.0 Å². The fraction of sp³-hybridized carbons (Fsp3) is 0.647. The minimum Gasteiger partial charge on any atom is -0.382 e. The number of benzene rings is 1. The first kappa shape index (κ1) is 71.3. The maximum Gasteiger partial charge on any atom is 0.403 e. The molecule has 3 aromatic heterocycles. The van der Waals surface area contributed by atoms with E-state index in [1.807, 2.05) is 25.1 Å². The number of hydrogen-bond donors (Lipinski definition) is 9. The van der Waals surface area contributed by atoms with Crippen LogP contribution in [0.4, 0.5) is 0 Å². The number of aromatic nitrogens is 4. The van der Waals surface area contributed by atoms with E-state index in [0.717, 1.165) is 31.3 Å². The maximum absolute atomic E-state index is 12.9. The van der Waals surface area contributed by atoms with E-state index in [0.29, 0.717) is 18.6 Å². The third kappa shape index (κ3) is 14.6. The molecule has 0 radical (unpaired) electrons. The van der Waals surface area contributed by atoms with E-state index in [-0.39, 0.29) is 63.0 Å². The molecule has 8 aliphatic heterocycles. The van der Waals surface area contributed by atoms with Crippen molar-refractivity contribution in [2.24, 2.45) is 0 Å². The molecular formula is C51H76N8O28P4. The van der Waals surface area contributed by atoms with Crippen LogP contribution in [-0.2, 0) is 93.2 Å². The summed E-state index contributed by atoms with van der Waals surface area (Å²) in [6.07, 6.45) is -0.309. The van der Waals surface area contributed by atoms with Crippen molar-refractivity contribution >= 4 is 41.8 Å². The smallest absolute Gasteiger partial charge is 0.382 e. The second-order valence-corrected chi connectivity index (χ2v) is 28.9. The van der Waals surface area contributed by atoms with Gasteiger partial charge in [-0.1, -0.05) is 24.3 Å². The van der Waals surface area contributed by atoms with E-state index >= 15 is 0 Å². The summed E-state index contributed by atoms with van der Waals surface area (Å²) in [6, 6.07) is 12.5. The Kier molecular flexibility index (Phi) is 22.2. The summed E-state index contributed by atoms with van der Waals surface area (Å²) in [5.74, 6) is 0. The molecule has 4 unspecified atom stereocenters. The number of nitrogens with one attached hydrogen (secondary N) is 5. The van der Waals surface area contributed by atoms with Gasteiger partial charge in [0.15, 0.2) is 18.7 Å². The van der Waals surface area contributed by atoms with Gasteiger partial charge in [-0.25, -0.2) is 43.4 Å². The van der Waals surface area contributed by atoms with Crippen molar-refractivity contribution in [2.75, 3.05) is 110 Å². The number of methoxy groups -OCH3 is 4. The molecule has 36 nitrogen and oxygen atoms in total. The van der Waals surface area contributed by atoms with E-state index in [4.69, 9.17) is 56.8 Å². The molecule has 8 aliphatic rings. The summed E-state index contributed by atoms with van der Waals surface area (Å²) < 4.78 is 137. The van der Waals surface area contributed by atoms with Crippen LogP contribution in [0.2, 0.25) is 0 Å². The fourth-order valence-corrected chi connectivity index (χ4v) is 15.8. The van der Waals surface area contributed by atoms with Crippen molar-refractivity contribution < 1.29 is 113 Å². The van der Waals surface area contributed by atoms with Crippen LogP contribution < -0.4 is 42.7 Å². The highest BCUT2D eigenvalue weighted by molar-refractivity contribution is 7.51. The second kappa shape index (κ2) is 28.4.